The number of aliphatic hydroxyl groups excluding tert-OH is 1. The van der Waals surface area contributed by atoms with Gasteiger partial charge in [-0.15, -0.1) is 0 Å². The van der Waals surface area contributed by atoms with Crippen LogP contribution in [0.25, 0.3) is 10.9 Å². The standard InChI is InChI=1S/C17H17NO5/c1-22-17-13(10-12-6-2-3-7-14(12)18-17)15(19)8-4-5-9-23-11-16(20)21/h2-3,6-7,10,15,19H,8-9,11H2,1H3,(H,20,21). The monoisotopic (exact) mass is 315 g/mol. The van der Waals surface area contributed by atoms with Crippen molar-refractivity contribution in [2.75, 3.05) is 20.3 Å². The summed E-state index contributed by atoms with van der Waals surface area (Å²) in [5, 5.41) is 19.6. The fraction of sp³-hybridized carbons (Fsp3) is 0.294. The molecule has 0 aliphatic heterocycles. The molecule has 0 fully saturated rings. The molecule has 2 aromatic rings. The average Bonchev–Trinajstić information content (AvgIpc) is 2.56. The van der Waals surface area contributed by atoms with Crippen molar-refractivity contribution < 1.29 is 24.5 Å². The van der Waals surface area contributed by atoms with Crippen LogP contribution in [-0.4, -0.2) is 41.5 Å². The van der Waals surface area contributed by atoms with E-state index in [1.807, 2.05) is 30.3 Å². The lowest BCUT2D eigenvalue weighted by molar-refractivity contribution is -0.141. The Hall–Kier alpha value is -2.62. The van der Waals surface area contributed by atoms with Crippen LogP contribution < -0.4 is 4.74 Å². The maximum Gasteiger partial charge on any atom is 0.329 e. The Morgan fingerprint density at radius 3 is 2.87 bits per heavy atom. The van der Waals surface area contributed by atoms with Crippen molar-refractivity contribution in [1.29, 1.82) is 0 Å². The number of nitrogens with zero attached hydrogens (tertiary/aromatic N) is 1. The first-order valence-corrected chi connectivity index (χ1v) is 6.99. The first-order chi connectivity index (χ1) is 11.1. The zero-order valence-corrected chi connectivity index (χ0v) is 12.7. The molecule has 0 saturated carbocycles. The number of aliphatic carboxylic acids is 1. The third kappa shape index (κ3) is 4.68. The number of hydrogen-bond donors (Lipinski definition) is 2. The van der Waals surface area contributed by atoms with Gasteiger partial charge in [0, 0.05) is 17.4 Å². The van der Waals surface area contributed by atoms with Crippen LogP contribution in [0.1, 0.15) is 18.1 Å². The summed E-state index contributed by atoms with van der Waals surface area (Å²) in [6, 6.07) is 9.38. The minimum atomic E-state index is -1.04. The van der Waals surface area contributed by atoms with Crippen LogP contribution in [0, 0.1) is 11.8 Å². The molecule has 0 radical (unpaired) electrons. The van der Waals surface area contributed by atoms with Crippen molar-refractivity contribution in [3.8, 4) is 17.7 Å². The maximum absolute atomic E-state index is 10.3. The lowest BCUT2D eigenvalue weighted by atomic mass is 10.1. The summed E-state index contributed by atoms with van der Waals surface area (Å²) in [7, 11) is 1.50. The smallest absolute Gasteiger partial charge is 0.329 e. The summed E-state index contributed by atoms with van der Waals surface area (Å²) in [6.07, 6.45) is -0.679. The minimum Gasteiger partial charge on any atom is -0.481 e. The highest BCUT2D eigenvalue weighted by Gasteiger charge is 2.15. The highest BCUT2D eigenvalue weighted by atomic mass is 16.5. The lowest BCUT2D eigenvalue weighted by Gasteiger charge is -2.13. The van der Waals surface area contributed by atoms with Gasteiger partial charge in [-0.2, -0.15) is 0 Å². The number of carboxylic acid groups (broad SMARTS) is 1. The van der Waals surface area contributed by atoms with E-state index in [2.05, 4.69) is 16.8 Å². The highest BCUT2D eigenvalue weighted by molar-refractivity contribution is 5.80. The SMILES string of the molecule is COc1nc2ccccc2cc1C(O)CC#CCOCC(=O)O. The van der Waals surface area contributed by atoms with Gasteiger partial charge >= 0.3 is 5.97 Å². The number of methoxy groups -OCH3 is 1. The summed E-state index contributed by atoms with van der Waals surface area (Å²) < 4.78 is 10.0. The van der Waals surface area contributed by atoms with E-state index in [-0.39, 0.29) is 19.6 Å². The summed E-state index contributed by atoms with van der Waals surface area (Å²) in [6.45, 7) is -0.383. The number of fused-ring (bicyclic) bond motifs is 1. The Bertz CT molecular complexity index is 747. The first-order valence-electron chi connectivity index (χ1n) is 6.99. The number of aromatic nitrogens is 1. The molecule has 1 atom stereocenters. The van der Waals surface area contributed by atoms with Gasteiger partial charge in [0.25, 0.3) is 0 Å². The van der Waals surface area contributed by atoms with Crippen LogP contribution in [0.4, 0.5) is 0 Å². The second-order valence-electron chi connectivity index (χ2n) is 4.74. The fourth-order valence-electron chi connectivity index (χ4n) is 2.04. The summed E-state index contributed by atoms with van der Waals surface area (Å²) >= 11 is 0. The molecule has 1 aromatic heterocycles. The van der Waals surface area contributed by atoms with Gasteiger partial charge < -0.3 is 19.7 Å². The third-order valence-corrected chi connectivity index (χ3v) is 3.09. The number of pyridine rings is 1. The number of rotatable bonds is 6. The summed E-state index contributed by atoms with van der Waals surface area (Å²) in [5.41, 5.74) is 1.35. The van der Waals surface area contributed by atoms with E-state index in [0.29, 0.717) is 11.4 Å². The van der Waals surface area contributed by atoms with E-state index < -0.39 is 12.1 Å². The van der Waals surface area contributed by atoms with Crippen LogP contribution in [0.2, 0.25) is 0 Å². The average molecular weight is 315 g/mol. The van der Waals surface area contributed by atoms with Gasteiger partial charge in [0.2, 0.25) is 5.88 Å². The van der Waals surface area contributed by atoms with Gasteiger partial charge in [-0.1, -0.05) is 30.0 Å². The van der Waals surface area contributed by atoms with E-state index in [4.69, 9.17) is 14.6 Å². The first kappa shape index (κ1) is 16.7. The van der Waals surface area contributed by atoms with Gasteiger partial charge in [0.15, 0.2) is 0 Å². The van der Waals surface area contributed by atoms with Crippen molar-refractivity contribution in [3.63, 3.8) is 0 Å². The second kappa shape index (κ2) is 8.13. The molecule has 1 unspecified atom stereocenters. The molecule has 23 heavy (non-hydrogen) atoms. The molecule has 0 saturated heterocycles. The Morgan fingerprint density at radius 1 is 1.35 bits per heavy atom. The molecule has 6 heteroatoms. The van der Waals surface area contributed by atoms with Gasteiger partial charge in [-0.05, 0) is 12.1 Å². The number of hydrogen-bond acceptors (Lipinski definition) is 5. The van der Waals surface area contributed by atoms with Crippen molar-refractivity contribution >= 4 is 16.9 Å². The molecule has 0 spiro atoms. The molecule has 0 aliphatic rings. The Morgan fingerprint density at radius 2 is 2.13 bits per heavy atom. The van der Waals surface area contributed by atoms with Crippen molar-refractivity contribution in [2.24, 2.45) is 0 Å². The summed E-state index contributed by atoms with van der Waals surface area (Å²) in [4.78, 5) is 14.6. The van der Waals surface area contributed by atoms with Crippen molar-refractivity contribution in [2.45, 2.75) is 12.5 Å². The number of ether oxygens (including phenoxy) is 2. The largest absolute Gasteiger partial charge is 0.481 e. The van der Waals surface area contributed by atoms with E-state index >= 15 is 0 Å². The normalized spacial score (nSPS) is 11.6. The molecular formula is C17H17NO5. The zero-order chi connectivity index (χ0) is 16.7. The zero-order valence-electron chi connectivity index (χ0n) is 12.7. The van der Waals surface area contributed by atoms with Gasteiger partial charge in [0.05, 0.1) is 18.7 Å². The van der Waals surface area contributed by atoms with Crippen molar-refractivity contribution in [1.82, 2.24) is 4.98 Å². The molecule has 0 aliphatic carbocycles. The second-order valence-corrected chi connectivity index (χ2v) is 4.74. The van der Waals surface area contributed by atoms with Crippen LogP contribution in [0.5, 0.6) is 5.88 Å². The number of aliphatic hydroxyl groups is 1. The highest BCUT2D eigenvalue weighted by Crippen LogP contribution is 2.28. The van der Waals surface area contributed by atoms with E-state index in [1.54, 1.807) is 0 Å². The van der Waals surface area contributed by atoms with Crippen LogP contribution in [0.15, 0.2) is 30.3 Å². The molecular weight excluding hydrogens is 298 g/mol. The van der Waals surface area contributed by atoms with E-state index in [9.17, 15) is 9.90 Å². The number of para-hydroxylation sites is 1. The Kier molecular flexibility index (Phi) is 5.92. The maximum atomic E-state index is 10.3. The lowest BCUT2D eigenvalue weighted by Crippen LogP contribution is -2.06. The topological polar surface area (TPSA) is 88.9 Å². The molecule has 120 valence electrons. The quantitative estimate of drug-likeness (QED) is 0.624. The van der Waals surface area contributed by atoms with Gasteiger partial charge in [-0.25, -0.2) is 9.78 Å². The predicted molar refractivity (Wildman–Crippen MR) is 84.1 cm³/mol. The molecule has 1 aromatic carbocycles. The Labute approximate surface area is 133 Å². The number of carboxylic acids is 1. The Balaban J connectivity index is 2.06. The number of carbonyl (C=O) groups is 1. The van der Waals surface area contributed by atoms with E-state index in [1.165, 1.54) is 7.11 Å². The fourth-order valence-corrected chi connectivity index (χ4v) is 2.04. The molecule has 0 bridgehead atoms. The van der Waals surface area contributed by atoms with Gasteiger partial charge in [0.1, 0.15) is 13.2 Å². The molecule has 1 heterocycles. The molecule has 6 nitrogen and oxygen atoms in total. The summed E-state index contributed by atoms with van der Waals surface area (Å²) in [5.74, 6) is 4.73. The van der Waals surface area contributed by atoms with Crippen LogP contribution in [0.3, 0.4) is 0 Å². The molecule has 2 N–H and O–H groups in total. The third-order valence-electron chi connectivity index (χ3n) is 3.09. The molecule has 2 rings (SSSR count). The predicted octanol–water partition coefficient (Wildman–Crippen LogP) is 1.77. The van der Waals surface area contributed by atoms with E-state index in [0.717, 1.165) is 10.9 Å². The van der Waals surface area contributed by atoms with Crippen LogP contribution in [-0.2, 0) is 9.53 Å². The van der Waals surface area contributed by atoms with Crippen molar-refractivity contribution in [3.05, 3.63) is 35.9 Å². The minimum absolute atomic E-state index is 0.00608. The molecule has 0 amide bonds. The van der Waals surface area contributed by atoms with Gasteiger partial charge in [-0.3, -0.25) is 0 Å². The van der Waals surface area contributed by atoms with Crippen LogP contribution >= 0.6 is 0 Å². The number of benzene rings is 1.